The monoisotopic (exact) mass is 317 g/mol. The van der Waals surface area contributed by atoms with E-state index in [0.717, 1.165) is 10.9 Å². The number of anilines is 1. The van der Waals surface area contributed by atoms with Gasteiger partial charge in [-0.05, 0) is 59.0 Å². The van der Waals surface area contributed by atoms with E-state index in [4.69, 9.17) is 0 Å². The summed E-state index contributed by atoms with van der Waals surface area (Å²) < 4.78 is 1.14. The van der Waals surface area contributed by atoms with E-state index in [2.05, 4.69) is 84.5 Å². The smallest absolute Gasteiger partial charge is 0.0519 e. The highest BCUT2D eigenvalue weighted by molar-refractivity contribution is 9.10. The zero-order chi connectivity index (χ0) is 13.8. The van der Waals surface area contributed by atoms with Crippen LogP contribution in [-0.4, -0.2) is 0 Å². The van der Waals surface area contributed by atoms with Gasteiger partial charge in [0.25, 0.3) is 0 Å². The molecule has 0 bridgehead atoms. The Kier molecular flexibility index (Phi) is 4.65. The van der Waals surface area contributed by atoms with Crippen molar-refractivity contribution in [3.8, 4) is 0 Å². The molecule has 1 atom stereocenters. The van der Waals surface area contributed by atoms with Gasteiger partial charge in [0.2, 0.25) is 0 Å². The second-order valence-electron chi connectivity index (χ2n) is 4.95. The maximum Gasteiger partial charge on any atom is 0.0519 e. The molecule has 100 valence electrons. The third kappa shape index (κ3) is 3.38. The maximum absolute atomic E-state index is 3.67. The van der Waals surface area contributed by atoms with Gasteiger partial charge in [-0.2, -0.15) is 0 Å². The number of hydrogen-bond donors (Lipinski definition) is 1. The molecule has 0 saturated heterocycles. The average molecular weight is 318 g/mol. The molecule has 0 aromatic heterocycles. The van der Waals surface area contributed by atoms with E-state index in [-0.39, 0.29) is 0 Å². The predicted molar refractivity (Wildman–Crippen MR) is 86.7 cm³/mol. The van der Waals surface area contributed by atoms with Crippen molar-refractivity contribution in [1.29, 1.82) is 0 Å². The lowest BCUT2D eigenvalue weighted by atomic mass is 10.0. The molecule has 0 heterocycles. The fourth-order valence-corrected chi connectivity index (χ4v) is 3.17. The summed E-state index contributed by atoms with van der Waals surface area (Å²) in [4.78, 5) is 0. The number of halogens is 1. The topological polar surface area (TPSA) is 12.0 Å². The largest absolute Gasteiger partial charge is 0.377 e. The van der Waals surface area contributed by atoms with Gasteiger partial charge in [0.15, 0.2) is 0 Å². The third-order valence-electron chi connectivity index (χ3n) is 3.36. The zero-order valence-electron chi connectivity index (χ0n) is 11.7. The maximum atomic E-state index is 3.67. The van der Waals surface area contributed by atoms with Gasteiger partial charge < -0.3 is 5.32 Å². The van der Waals surface area contributed by atoms with Crippen LogP contribution in [0.3, 0.4) is 0 Å². The molecule has 0 saturated carbocycles. The molecule has 1 unspecified atom stereocenters. The van der Waals surface area contributed by atoms with Crippen LogP contribution >= 0.6 is 15.9 Å². The van der Waals surface area contributed by atoms with Gasteiger partial charge in [-0.1, -0.05) is 43.3 Å². The van der Waals surface area contributed by atoms with Crippen molar-refractivity contribution in [2.75, 3.05) is 5.32 Å². The first-order chi connectivity index (χ1) is 9.11. The quantitative estimate of drug-likeness (QED) is 0.770. The molecule has 0 aliphatic rings. The van der Waals surface area contributed by atoms with Gasteiger partial charge in [-0.15, -0.1) is 0 Å². The van der Waals surface area contributed by atoms with Gasteiger partial charge >= 0.3 is 0 Å². The highest BCUT2D eigenvalue weighted by Crippen LogP contribution is 2.32. The van der Waals surface area contributed by atoms with Crippen LogP contribution in [0.2, 0.25) is 0 Å². The Hall–Kier alpha value is -1.28. The minimum atomic E-state index is 0.346. The molecule has 1 nitrogen and oxygen atoms in total. The van der Waals surface area contributed by atoms with E-state index in [1.807, 2.05) is 0 Å². The Morgan fingerprint density at radius 1 is 1.11 bits per heavy atom. The van der Waals surface area contributed by atoms with E-state index >= 15 is 0 Å². The fourth-order valence-electron chi connectivity index (χ4n) is 2.38. The molecule has 0 aliphatic carbocycles. The Morgan fingerprint density at radius 2 is 1.79 bits per heavy atom. The van der Waals surface area contributed by atoms with E-state index < -0.39 is 0 Å². The van der Waals surface area contributed by atoms with Crippen LogP contribution in [0.5, 0.6) is 0 Å². The second-order valence-corrected chi connectivity index (χ2v) is 5.81. The average Bonchev–Trinajstić information content (AvgIpc) is 2.39. The molecule has 2 heteroatoms. The SMILES string of the molecule is CCC(Nc1c(C)cc(C)cc1Br)c1ccccc1. The van der Waals surface area contributed by atoms with Crippen molar-refractivity contribution in [2.45, 2.75) is 33.2 Å². The normalized spacial score (nSPS) is 12.2. The third-order valence-corrected chi connectivity index (χ3v) is 3.99. The van der Waals surface area contributed by atoms with Gasteiger partial charge in [-0.25, -0.2) is 0 Å². The van der Waals surface area contributed by atoms with Crippen molar-refractivity contribution in [3.63, 3.8) is 0 Å². The van der Waals surface area contributed by atoms with Crippen molar-refractivity contribution in [3.05, 3.63) is 63.6 Å². The first-order valence-electron chi connectivity index (χ1n) is 6.70. The van der Waals surface area contributed by atoms with Crippen molar-refractivity contribution < 1.29 is 0 Å². The molecular formula is C17H20BrN. The van der Waals surface area contributed by atoms with Crippen LogP contribution in [0.1, 0.15) is 36.1 Å². The molecule has 0 spiro atoms. The molecule has 2 rings (SSSR count). The molecule has 0 aliphatic heterocycles. The Bertz CT molecular complexity index is 525. The van der Waals surface area contributed by atoms with Crippen LogP contribution in [0.15, 0.2) is 46.9 Å². The number of benzene rings is 2. The highest BCUT2D eigenvalue weighted by Gasteiger charge is 2.12. The molecule has 2 aromatic rings. The summed E-state index contributed by atoms with van der Waals surface area (Å²) in [5.41, 5.74) is 5.09. The van der Waals surface area contributed by atoms with Crippen LogP contribution in [0.4, 0.5) is 5.69 Å². The van der Waals surface area contributed by atoms with Gasteiger partial charge in [0.1, 0.15) is 0 Å². The van der Waals surface area contributed by atoms with Crippen LogP contribution < -0.4 is 5.32 Å². The Morgan fingerprint density at radius 3 is 2.37 bits per heavy atom. The molecule has 0 amide bonds. The molecule has 1 N–H and O–H groups in total. The molecule has 0 fully saturated rings. The zero-order valence-corrected chi connectivity index (χ0v) is 13.3. The summed E-state index contributed by atoms with van der Waals surface area (Å²) in [6.45, 7) is 6.48. The fraction of sp³-hybridized carbons (Fsp3) is 0.294. The summed E-state index contributed by atoms with van der Waals surface area (Å²) in [7, 11) is 0. The first-order valence-corrected chi connectivity index (χ1v) is 7.49. The predicted octanol–water partition coefficient (Wildman–Crippen LogP) is 5.63. The molecular weight excluding hydrogens is 298 g/mol. The number of rotatable bonds is 4. The van der Waals surface area contributed by atoms with E-state index in [1.165, 1.54) is 22.4 Å². The van der Waals surface area contributed by atoms with Crippen molar-refractivity contribution in [1.82, 2.24) is 0 Å². The van der Waals surface area contributed by atoms with Crippen molar-refractivity contribution in [2.24, 2.45) is 0 Å². The summed E-state index contributed by atoms with van der Waals surface area (Å²) in [6, 6.07) is 15.3. The Labute approximate surface area is 124 Å². The number of hydrogen-bond acceptors (Lipinski definition) is 1. The second kappa shape index (κ2) is 6.25. The summed E-state index contributed by atoms with van der Waals surface area (Å²) in [5, 5.41) is 3.66. The first kappa shape index (κ1) is 14.1. The van der Waals surface area contributed by atoms with Gasteiger partial charge in [0, 0.05) is 4.47 Å². The molecule has 2 aromatic carbocycles. The standard InChI is InChI=1S/C17H20BrN/c1-4-16(14-8-6-5-7-9-14)19-17-13(3)10-12(2)11-15(17)18/h5-11,16,19H,4H2,1-3H3. The molecule has 0 radical (unpaired) electrons. The lowest BCUT2D eigenvalue weighted by Gasteiger charge is -2.21. The van der Waals surface area contributed by atoms with Gasteiger partial charge in [0.05, 0.1) is 11.7 Å². The van der Waals surface area contributed by atoms with Crippen LogP contribution in [0.25, 0.3) is 0 Å². The highest BCUT2D eigenvalue weighted by atomic mass is 79.9. The summed E-state index contributed by atoms with van der Waals surface area (Å²) in [6.07, 6.45) is 1.06. The van der Waals surface area contributed by atoms with Crippen molar-refractivity contribution >= 4 is 21.6 Å². The lowest BCUT2D eigenvalue weighted by Crippen LogP contribution is -2.11. The number of aryl methyl sites for hydroxylation is 2. The minimum Gasteiger partial charge on any atom is -0.377 e. The summed E-state index contributed by atoms with van der Waals surface area (Å²) in [5.74, 6) is 0. The van der Waals surface area contributed by atoms with E-state index in [0.29, 0.717) is 6.04 Å². The van der Waals surface area contributed by atoms with E-state index in [9.17, 15) is 0 Å². The van der Waals surface area contributed by atoms with Gasteiger partial charge in [-0.3, -0.25) is 0 Å². The van der Waals surface area contributed by atoms with Crippen LogP contribution in [-0.2, 0) is 0 Å². The molecule has 19 heavy (non-hydrogen) atoms. The minimum absolute atomic E-state index is 0.346. The lowest BCUT2D eigenvalue weighted by molar-refractivity contribution is 0.748. The van der Waals surface area contributed by atoms with E-state index in [1.54, 1.807) is 0 Å². The van der Waals surface area contributed by atoms with Crippen LogP contribution in [0, 0.1) is 13.8 Å². The summed E-state index contributed by atoms with van der Waals surface area (Å²) >= 11 is 3.67. The Balaban J connectivity index is 2.29. The number of nitrogens with one attached hydrogen (secondary N) is 1.